The lowest BCUT2D eigenvalue weighted by Gasteiger charge is -2.28. The summed E-state index contributed by atoms with van der Waals surface area (Å²) in [7, 11) is 4.23. The molecule has 2 aliphatic rings. The highest BCUT2D eigenvalue weighted by molar-refractivity contribution is 5.95. The van der Waals surface area contributed by atoms with Crippen LogP contribution in [0.25, 0.3) is 33.3 Å². The minimum absolute atomic E-state index is 0.171. The Labute approximate surface area is 232 Å². The summed E-state index contributed by atoms with van der Waals surface area (Å²) in [5.41, 5.74) is 8.60. The van der Waals surface area contributed by atoms with Crippen molar-refractivity contribution in [2.45, 2.75) is 44.6 Å². The summed E-state index contributed by atoms with van der Waals surface area (Å²) in [5, 5.41) is 1.30. The van der Waals surface area contributed by atoms with Gasteiger partial charge in [0, 0.05) is 54.9 Å². The van der Waals surface area contributed by atoms with E-state index in [4.69, 9.17) is 4.74 Å². The highest BCUT2D eigenvalue weighted by Crippen LogP contribution is 2.45. The van der Waals surface area contributed by atoms with E-state index in [1.165, 1.54) is 71.1 Å². The molecule has 4 aromatic rings. The molecule has 1 aliphatic carbocycles. The van der Waals surface area contributed by atoms with Crippen LogP contribution in [0.2, 0.25) is 0 Å². The van der Waals surface area contributed by atoms with Crippen molar-refractivity contribution in [3.63, 3.8) is 0 Å². The third-order valence-corrected chi connectivity index (χ3v) is 8.52. The molecule has 2 heterocycles. The molecule has 5 nitrogen and oxygen atoms in total. The number of morpholine rings is 1. The highest BCUT2D eigenvalue weighted by Gasteiger charge is 2.28. The van der Waals surface area contributed by atoms with E-state index in [1.54, 1.807) is 0 Å². The lowest BCUT2D eigenvalue weighted by Crippen LogP contribution is -2.42. The summed E-state index contributed by atoms with van der Waals surface area (Å²) in [6, 6.07) is 26.2. The van der Waals surface area contributed by atoms with Gasteiger partial charge >= 0.3 is 0 Å². The van der Waals surface area contributed by atoms with E-state index in [0.717, 1.165) is 5.52 Å². The zero-order chi connectivity index (χ0) is 26.8. The van der Waals surface area contributed by atoms with Gasteiger partial charge in [-0.1, -0.05) is 79.9 Å². The molecule has 1 amide bonds. The quantitative estimate of drug-likeness (QED) is 0.276. The molecular weight excluding hydrogens is 482 g/mol. The first-order valence-corrected chi connectivity index (χ1v) is 14.5. The molecule has 5 heteroatoms. The van der Waals surface area contributed by atoms with Crippen molar-refractivity contribution in [3.05, 3.63) is 78.4 Å². The molecule has 0 radical (unpaired) electrons. The fraction of sp³-hybridized carbons (Fsp3) is 0.382. The van der Waals surface area contributed by atoms with Crippen molar-refractivity contribution in [2.75, 3.05) is 45.3 Å². The summed E-state index contributed by atoms with van der Waals surface area (Å²) < 4.78 is 7.84. The Balaban J connectivity index is 1.54. The Bertz CT molecular complexity index is 1440. The number of ether oxygens (including phenoxy) is 1. The number of para-hydroxylation sites is 1. The van der Waals surface area contributed by atoms with Gasteiger partial charge in [-0.3, -0.25) is 4.79 Å². The molecular formula is C34H39N3O2. The zero-order valence-corrected chi connectivity index (χ0v) is 23.2. The van der Waals surface area contributed by atoms with Crippen LogP contribution in [-0.4, -0.2) is 55.8 Å². The largest absolute Gasteiger partial charge is 0.378 e. The lowest BCUT2D eigenvalue weighted by atomic mass is 9.81. The maximum absolute atomic E-state index is 13.6. The second kappa shape index (κ2) is 11.3. The molecule has 1 aliphatic heterocycles. The smallest absolute Gasteiger partial charge is 0.242 e. The first-order valence-electron chi connectivity index (χ1n) is 14.5. The molecule has 0 N–H and O–H groups in total. The van der Waals surface area contributed by atoms with Gasteiger partial charge in [-0.05, 0) is 42.0 Å². The Hall–Kier alpha value is -3.57. The van der Waals surface area contributed by atoms with Gasteiger partial charge in [0.15, 0.2) is 0 Å². The maximum Gasteiger partial charge on any atom is 0.242 e. The third-order valence-electron chi connectivity index (χ3n) is 8.52. The number of fused-ring (bicyclic) bond motifs is 1. The summed E-state index contributed by atoms with van der Waals surface area (Å²) >= 11 is 0. The second-order valence-corrected chi connectivity index (χ2v) is 11.2. The fourth-order valence-electron chi connectivity index (χ4n) is 6.57. The van der Waals surface area contributed by atoms with Crippen LogP contribution < -0.4 is 4.90 Å². The van der Waals surface area contributed by atoms with Crippen LogP contribution in [0.3, 0.4) is 0 Å². The Morgan fingerprint density at radius 2 is 1.59 bits per heavy atom. The molecule has 6 rings (SSSR count). The number of aromatic nitrogens is 1. The van der Waals surface area contributed by atoms with Gasteiger partial charge in [0.25, 0.3) is 0 Å². The number of amides is 1. The number of anilines is 1. The number of nitrogens with zero attached hydrogens (tertiary/aromatic N) is 3. The molecule has 2 fully saturated rings. The van der Waals surface area contributed by atoms with E-state index in [9.17, 15) is 4.79 Å². The normalized spacial score (nSPS) is 16.5. The van der Waals surface area contributed by atoms with Gasteiger partial charge in [0.1, 0.15) is 6.54 Å². The molecule has 0 bridgehead atoms. The van der Waals surface area contributed by atoms with Crippen LogP contribution in [0.1, 0.15) is 43.6 Å². The lowest BCUT2D eigenvalue weighted by molar-refractivity contribution is -0.135. The fourth-order valence-corrected chi connectivity index (χ4v) is 6.57. The minimum Gasteiger partial charge on any atom is -0.378 e. The van der Waals surface area contributed by atoms with Crippen molar-refractivity contribution in [3.8, 4) is 22.4 Å². The third kappa shape index (κ3) is 5.08. The number of carbonyl (C=O) groups is 1. The summed E-state index contributed by atoms with van der Waals surface area (Å²) in [6.07, 6.45) is 6.27. The van der Waals surface area contributed by atoms with E-state index < -0.39 is 0 Å². The van der Waals surface area contributed by atoms with Gasteiger partial charge in [-0.15, -0.1) is 0 Å². The number of hydrogen-bond donors (Lipinski definition) is 0. The molecule has 39 heavy (non-hydrogen) atoms. The predicted octanol–water partition coefficient (Wildman–Crippen LogP) is 6.95. The number of carbonyl (C=O) groups excluding carboxylic acids is 1. The predicted molar refractivity (Wildman–Crippen MR) is 160 cm³/mol. The summed E-state index contributed by atoms with van der Waals surface area (Å²) in [4.78, 5) is 17.8. The molecule has 202 valence electrons. The van der Waals surface area contributed by atoms with Gasteiger partial charge in [0.2, 0.25) is 5.91 Å². The van der Waals surface area contributed by atoms with Crippen LogP contribution in [0.4, 0.5) is 5.69 Å². The number of benzene rings is 3. The van der Waals surface area contributed by atoms with Gasteiger partial charge < -0.3 is 19.1 Å². The van der Waals surface area contributed by atoms with Crippen LogP contribution in [-0.2, 0) is 16.1 Å². The summed E-state index contributed by atoms with van der Waals surface area (Å²) in [6.45, 7) is 2.91. The molecule has 1 saturated heterocycles. The first kappa shape index (κ1) is 25.7. The van der Waals surface area contributed by atoms with E-state index in [2.05, 4.69) is 96.4 Å². The Morgan fingerprint density at radius 1 is 0.872 bits per heavy atom. The SMILES string of the molecule is CN(C)c1cc(-c2c(C3CCCCC3)c3ccccc3n2CC(=O)N2CCOCC2)ccc1-c1ccccc1. The van der Waals surface area contributed by atoms with Gasteiger partial charge in [-0.2, -0.15) is 0 Å². The van der Waals surface area contributed by atoms with Crippen molar-refractivity contribution in [2.24, 2.45) is 0 Å². The van der Waals surface area contributed by atoms with Crippen molar-refractivity contribution in [1.82, 2.24) is 9.47 Å². The van der Waals surface area contributed by atoms with Crippen LogP contribution in [0, 0.1) is 0 Å². The standard InChI is InChI=1S/C34H39N3O2/c1-35(2)31-23-27(17-18-28(31)25-11-5-3-6-12-25)34-33(26-13-7-4-8-14-26)29-15-9-10-16-30(29)37(34)24-32(38)36-19-21-39-22-20-36/h3,5-6,9-12,15-18,23,26H,4,7-8,13-14,19-22,24H2,1-2H3. The molecule has 0 spiro atoms. The summed E-state index contributed by atoms with van der Waals surface area (Å²) in [5.74, 6) is 0.680. The monoisotopic (exact) mass is 521 g/mol. The van der Waals surface area contributed by atoms with E-state index >= 15 is 0 Å². The molecule has 1 aromatic heterocycles. The van der Waals surface area contributed by atoms with Gasteiger partial charge in [0.05, 0.1) is 18.9 Å². The van der Waals surface area contributed by atoms with E-state index in [-0.39, 0.29) is 5.91 Å². The zero-order valence-electron chi connectivity index (χ0n) is 23.2. The number of rotatable bonds is 6. The van der Waals surface area contributed by atoms with Gasteiger partial charge in [-0.25, -0.2) is 0 Å². The molecule has 0 unspecified atom stereocenters. The topological polar surface area (TPSA) is 37.7 Å². The average Bonchev–Trinajstić information content (AvgIpc) is 3.32. The van der Waals surface area contributed by atoms with Crippen molar-refractivity contribution >= 4 is 22.5 Å². The Morgan fingerprint density at radius 3 is 2.33 bits per heavy atom. The average molecular weight is 522 g/mol. The maximum atomic E-state index is 13.6. The van der Waals surface area contributed by atoms with Crippen molar-refractivity contribution in [1.29, 1.82) is 0 Å². The van der Waals surface area contributed by atoms with E-state index in [1.807, 2.05) is 4.90 Å². The second-order valence-electron chi connectivity index (χ2n) is 11.2. The highest BCUT2D eigenvalue weighted by atomic mass is 16.5. The molecule has 1 saturated carbocycles. The Kier molecular flexibility index (Phi) is 7.43. The molecule has 0 atom stereocenters. The van der Waals surface area contributed by atoms with Crippen LogP contribution in [0.15, 0.2) is 72.8 Å². The minimum atomic E-state index is 0.171. The van der Waals surface area contributed by atoms with Crippen molar-refractivity contribution < 1.29 is 9.53 Å². The van der Waals surface area contributed by atoms with E-state index in [0.29, 0.717) is 38.8 Å². The number of hydrogen-bond acceptors (Lipinski definition) is 3. The van der Waals surface area contributed by atoms with Crippen LogP contribution >= 0.6 is 0 Å². The first-order chi connectivity index (χ1) is 19.1. The molecule has 3 aromatic carbocycles. The van der Waals surface area contributed by atoms with Crippen LogP contribution in [0.5, 0.6) is 0 Å².